The van der Waals surface area contributed by atoms with E-state index < -0.39 is 5.82 Å². The van der Waals surface area contributed by atoms with Crippen LogP contribution in [0.1, 0.15) is 12.8 Å². The number of nitrogens with zero attached hydrogens (tertiary/aromatic N) is 5. The Morgan fingerprint density at radius 2 is 2.00 bits per heavy atom. The number of ether oxygens (including phenoxy) is 1. The van der Waals surface area contributed by atoms with E-state index in [2.05, 4.69) is 25.3 Å². The maximum Gasteiger partial charge on any atom is 0.225 e. The third-order valence-electron chi connectivity index (χ3n) is 4.31. The average molecular weight is 316 g/mol. The molecule has 0 amide bonds. The van der Waals surface area contributed by atoms with Gasteiger partial charge in [0.25, 0.3) is 0 Å². The third-order valence-corrected chi connectivity index (χ3v) is 4.31. The summed E-state index contributed by atoms with van der Waals surface area (Å²) in [6, 6.07) is 1.97. The van der Waals surface area contributed by atoms with Gasteiger partial charge in [0.2, 0.25) is 11.9 Å². The van der Waals surface area contributed by atoms with Gasteiger partial charge in [-0.05, 0) is 12.5 Å². The summed E-state index contributed by atoms with van der Waals surface area (Å²) in [7, 11) is 0. The Morgan fingerprint density at radius 1 is 1.22 bits per heavy atom. The first-order valence-electron chi connectivity index (χ1n) is 7.62. The molecule has 2 saturated heterocycles. The lowest BCUT2D eigenvalue weighted by atomic mass is 9.97. The van der Waals surface area contributed by atoms with E-state index in [0.29, 0.717) is 25.0 Å². The van der Waals surface area contributed by atoms with Gasteiger partial charge in [-0.1, -0.05) is 0 Å². The minimum Gasteiger partial charge on any atom is -0.371 e. The molecular formula is C15H17FN6O. The average Bonchev–Trinajstić information content (AvgIpc) is 3.16. The van der Waals surface area contributed by atoms with Crippen molar-refractivity contribution in [3.63, 3.8) is 0 Å². The maximum atomic E-state index is 12.9. The Balaban J connectivity index is 1.40. The molecule has 0 unspecified atom stereocenters. The highest BCUT2D eigenvalue weighted by Gasteiger charge is 2.46. The molecule has 2 aromatic heterocycles. The molecule has 120 valence electrons. The molecule has 2 fully saturated rings. The zero-order valence-corrected chi connectivity index (χ0v) is 12.5. The highest BCUT2D eigenvalue weighted by molar-refractivity contribution is 5.34. The molecule has 23 heavy (non-hydrogen) atoms. The molecule has 7 nitrogen and oxygen atoms in total. The van der Waals surface area contributed by atoms with Crippen LogP contribution >= 0.6 is 0 Å². The van der Waals surface area contributed by atoms with Crippen LogP contribution in [0.3, 0.4) is 0 Å². The smallest absolute Gasteiger partial charge is 0.225 e. The van der Waals surface area contributed by atoms with Gasteiger partial charge in [0, 0.05) is 25.4 Å². The van der Waals surface area contributed by atoms with E-state index in [4.69, 9.17) is 4.74 Å². The number of nitrogens with one attached hydrogen (secondary N) is 1. The normalized spacial score (nSPS) is 26.8. The summed E-state index contributed by atoms with van der Waals surface area (Å²) in [6.45, 7) is 2.14. The molecule has 2 aliphatic heterocycles. The van der Waals surface area contributed by atoms with Crippen molar-refractivity contribution in [1.29, 1.82) is 0 Å². The lowest BCUT2D eigenvalue weighted by Crippen LogP contribution is -2.34. The Labute approximate surface area is 132 Å². The molecule has 1 N–H and O–H groups in total. The Hall–Kier alpha value is -2.35. The lowest BCUT2D eigenvalue weighted by Gasteiger charge is -2.23. The molecule has 0 bridgehead atoms. The largest absolute Gasteiger partial charge is 0.371 e. The summed E-state index contributed by atoms with van der Waals surface area (Å²) >= 11 is 0. The van der Waals surface area contributed by atoms with E-state index in [1.807, 2.05) is 4.90 Å². The van der Waals surface area contributed by atoms with Crippen LogP contribution in [0.15, 0.2) is 30.9 Å². The highest BCUT2D eigenvalue weighted by atomic mass is 19.1. The van der Waals surface area contributed by atoms with Crippen LogP contribution in [-0.4, -0.2) is 51.3 Å². The van der Waals surface area contributed by atoms with Gasteiger partial charge in [0.05, 0.1) is 37.2 Å². The van der Waals surface area contributed by atoms with Gasteiger partial charge in [0.15, 0.2) is 5.82 Å². The van der Waals surface area contributed by atoms with Gasteiger partial charge in [-0.25, -0.2) is 24.3 Å². The molecule has 2 atom stereocenters. The second kappa shape index (κ2) is 5.69. The number of hydrogen-bond donors (Lipinski definition) is 1. The van der Waals surface area contributed by atoms with Crippen molar-refractivity contribution in [3.05, 3.63) is 36.7 Å². The van der Waals surface area contributed by atoms with Crippen molar-refractivity contribution < 1.29 is 9.13 Å². The predicted octanol–water partition coefficient (Wildman–Crippen LogP) is 1.26. The fourth-order valence-corrected chi connectivity index (χ4v) is 3.26. The monoisotopic (exact) mass is 316 g/mol. The summed E-state index contributed by atoms with van der Waals surface area (Å²) in [5.41, 5.74) is -0.204. The van der Waals surface area contributed by atoms with E-state index >= 15 is 0 Å². The molecule has 2 aromatic rings. The standard InChI is InChI=1S/C15H17FN6O/c16-11-7-19-14(20-8-11)22-5-2-15(10-22)6-12(9-23-15)21-13-17-3-1-4-18-13/h1,3-4,7-8,12H,2,5-6,9-10H2,(H,17,18,21)/t12-,15-/m0/s1. The Kier molecular flexibility index (Phi) is 3.53. The van der Waals surface area contributed by atoms with Crippen LogP contribution in [0.2, 0.25) is 0 Å². The van der Waals surface area contributed by atoms with Crippen molar-refractivity contribution in [2.24, 2.45) is 0 Å². The van der Waals surface area contributed by atoms with Gasteiger partial charge in [-0.2, -0.15) is 0 Å². The van der Waals surface area contributed by atoms with E-state index in [-0.39, 0.29) is 11.6 Å². The number of rotatable bonds is 3. The lowest BCUT2D eigenvalue weighted by molar-refractivity contribution is 0.0228. The third kappa shape index (κ3) is 2.94. The Bertz CT molecular complexity index is 669. The second-order valence-corrected chi connectivity index (χ2v) is 5.98. The number of halogens is 1. The van der Waals surface area contributed by atoms with Gasteiger partial charge in [0.1, 0.15) is 0 Å². The SMILES string of the molecule is Fc1cnc(N2CC[C@]3(C[C@H](Nc4ncccn4)CO3)C2)nc1. The fraction of sp³-hybridized carbons (Fsp3) is 0.467. The molecule has 0 radical (unpaired) electrons. The molecule has 0 saturated carbocycles. The Morgan fingerprint density at radius 3 is 2.78 bits per heavy atom. The first-order valence-corrected chi connectivity index (χ1v) is 7.62. The van der Waals surface area contributed by atoms with Crippen molar-refractivity contribution >= 4 is 11.9 Å². The fourth-order valence-electron chi connectivity index (χ4n) is 3.26. The van der Waals surface area contributed by atoms with E-state index in [1.54, 1.807) is 18.5 Å². The number of anilines is 2. The highest BCUT2D eigenvalue weighted by Crippen LogP contribution is 2.36. The zero-order chi connectivity index (χ0) is 15.7. The molecular weight excluding hydrogens is 299 g/mol. The number of aromatic nitrogens is 4. The molecule has 4 heterocycles. The van der Waals surface area contributed by atoms with Crippen molar-refractivity contribution in [1.82, 2.24) is 19.9 Å². The summed E-state index contributed by atoms with van der Waals surface area (Å²) in [4.78, 5) is 18.5. The van der Waals surface area contributed by atoms with Crippen LogP contribution < -0.4 is 10.2 Å². The minimum atomic E-state index is -0.424. The second-order valence-electron chi connectivity index (χ2n) is 5.98. The van der Waals surface area contributed by atoms with E-state index in [9.17, 15) is 4.39 Å². The van der Waals surface area contributed by atoms with Gasteiger partial charge in [-0.3, -0.25) is 0 Å². The molecule has 0 aromatic carbocycles. The molecule has 1 spiro atoms. The zero-order valence-electron chi connectivity index (χ0n) is 12.5. The topological polar surface area (TPSA) is 76.1 Å². The first-order chi connectivity index (χ1) is 11.2. The van der Waals surface area contributed by atoms with Crippen LogP contribution in [0.4, 0.5) is 16.3 Å². The van der Waals surface area contributed by atoms with Crippen LogP contribution in [0, 0.1) is 5.82 Å². The van der Waals surface area contributed by atoms with Crippen LogP contribution in [0.25, 0.3) is 0 Å². The molecule has 2 aliphatic rings. The first kappa shape index (κ1) is 14.3. The van der Waals surface area contributed by atoms with Crippen molar-refractivity contribution in [2.45, 2.75) is 24.5 Å². The molecule has 0 aliphatic carbocycles. The van der Waals surface area contributed by atoms with Crippen molar-refractivity contribution in [3.8, 4) is 0 Å². The predicted molar refractivity (Wildman–Crippen MR) is 81.6 cm³/mol. The van der Waals surface area contributed by atoms with Gasteiger partial charge >= 0.3 is 0 Å². The van der Waals surface area contributed by atoms with E-state index in [0.717, 1.165) is 19.4 Å². The van der Waals surface area contributed by atoms with Gasteiger partial charge in [-0.15, -0.1) is 0 Å². The summed E-state index contributed by atoms with van der Waals surface area (Å²) in [5.74, 6) is 0.747. The van der Waals surface area contributed by atoms with E-state index in [1.165, 1.54) is 12.4 Å². The number of hydrogen-bond acceptors (Lipinski definition) is 7. The minimum absolute atomic E-state index is 0.187. The summed E-state index contributed by atoms with van der Waals surface area (Å²) < 4.78 is 19.0. The van der Waals surface area contributed by atoms with Gasteiger partial charge < -0.3 is 15.0 Å². The van der Waals surface area contributed by atoms with Crippen LogP contribution in [0.5, 0.6) is 0 Å². The van der Waals surface area contributed by atoms with Crippen LogP contribution in [-0.2, 0) is 4.74 Å². The molecule has 8 heteroatoms. The maximum absolute atomic E-state index is 12.9. The summed E-state index contributed by atoms with van der Waals surface area (Å²) in [5, 5.41) is 3.31. The van der Waals surface area contributed by atoms with Crippen molar-refractivity contribution in [2.75, 3.05) is 29.9 Å². The quantitative estimate of drug-likeness (QED) is 0.913. The molecule has 4 rings (SSSR count). The summed E-state index contributed by atoms with van der Waals surface area (Å²) in [6.07, 6.45) is 7.60.